The maximum absolute atomic E-state index is 11.9. The van der Waals surface area contributed by atoms with Crippen LogP contribution in [0.1, 0.15) is 123 Å². The summed E-state index contributed by atoms with van der Waals surface area (Å²) in [7, 11) is 0. The maximum Gasteiger partial charge on any atom is 1.00 e. The van der Waals surface area contributed by atoms with Gasteiger partial charge in [0.25, 0.3) is 0 Å². The molecule has 0 aliphatic carbocycles. The molecule has 0 bridgehead atoms. The normalized spacial score (nSPS) is 21.1. The first kappa shape index (κ1) is 66.9. The van der Waals surface area contributed by atoms with Crippen molar-refractivity contribution in [3.63, 3.8) is 0 Å². The molecule has 0 aromatic heterocycles. The number of aliphatic carboxylic acids is 1. The largest absolute Gasteiger partial charge is 1.00 e. The maximum atomic E-state index is 11.9. The van der Waals surface area contributed by atoms with Gasteiger partial charge in [-0.25, -0.2) is 19.2 Å². The second-order valence-corrected chi connectivity index (χ2v) is 21.1. The molecule has 69 heavy (non-hydrogen) atoms. The van der Waals surface area contributed by atoms with E-state index in [0.717, 1.165) is 19.6 Å². The molecule has 6 atom stereocenters. The van der Waals surface area contributed by atoms with E-state index in [1.165, 1.54) is 10.5 Å². The van der Waals surface area contributed by atoms with Crippen molar-refractivity contribution in [1.29, 1.82) is 0 Å². The minimum atomic E-state index is -1.06. The number of carboxylic acids is 1. The summed E-state index contributed by atoms with van der Waals surface area (Å²) in [5.41, 5.74) is -1.14. The predicted molar refractivity (Wildman–Crippen MR) is 252 cm³/mol. The number of carbonyl (C=O) groups excluding carboxylic acids is 6. The van der Waals surface area contributed by atoms with Crippen molar-refractivity contribution in [3.8, 4) is 0 Å². The van der Waals surface area contributed by atoms with Gasteiger partial charge in [-0.05, 0) is 120 Å². The first-order chi connectivity index (χ1) is 30.6. The van der Waals surface area contributed by atoms with Crippen molar-refractivity contribution in [1.82, 2.24) is 14.7 Å². The molecule has 3 aliphatic rings. The van der Waals surface area contributed by atoms with Crippen molar-refractivity contribution in [2.75, 3.05) is 52.5 Å². The van der Waals surface area contributed by atoms with E-state index in [-0.39, 0.29) is 83.3 Å². The molecule has 3 heterocycles. The number of esters is 2. The minimum Gasteiger partial charge on any atom is -0.870 e. The summed E-state index contributed by atoms with van der Waals surface area (Å²) in [6, 6.07) is 10.4. The number of carboxylic acid groups (broad SMARTS) is 1. The summed E-state index contributed by atoms with van der Waals surface area (Å²) in [4.78, 5) is 85.4. The number of hydrogen-bond donors (Lipinski definition) is 1. The molecule has 0 unspecified atom stereocenters. The number of amides is 2. The van der Waals surface area contributed by atoms with Gasteiger partial charge in [0.05, 0.1) is 31.0 Å². The Kier molecular flexibility index (Phi) is 29.0. The van der Waals surface area contributed by atoms with Gasteiger partial charge in [-0.3, -0.25) is 19.3 Å². The van der Waals surface area contributed by atoms with E-state index in [2.05, 4.69) is 40.8 Å². The van der Waals surface area contributed by atoms with Crippen LogP contribution in [0, 0.1) is 35.5 Å². The Hall–Kier alpha value is -4.17. The van der Waals surface area contributed by atoms with Crippen LogP contribution >= 0.6 is 0 Å². The second kappa shape index (κ2) is 29.9. The smallest absolute Gasteiger partial charge is 0.870 e. The van der Waals surface area contributed by atoms with Gasteiger partial charge in [-0.1, -0.05) is 51.1 Å². The van der Waals surface area contributed by atoms with Gasteiger partial charge in [0.2, 0.25) is 0 Å². The van der Waals surface area contributed by atoms with Crippen LogP contribution in [0.3, 0.4) is 0 Å². The molecule has 0 saturated carbocycles. The van der Waals surface area contributed by atoms with Crippen LogP contribution in [0.25, 0.3) is 0 Å². The van der Waals surface area contributed by atoms with Crippen LogP contribution in [0.4, 0.5) is 19.2 Å². The van der Waals surface area contributed by atoms with Crippen molar-refractivity contribution in [3.05, 3.63) is 35.9 Å². The Morgan fingerprint density at radius 1 is 0.536 bits per heavy atom. The van der Waals surface area contributed by atoms with Crippen molar-refractivity contribution in [2.24, 2.45) is 35.5 Å². The Balaban J connectivity index is 0. The molecule has 3 saturated heterocycles. The number of ether oxygens (including phenoxy) is 7. The number of hydrogen-bond acceptors (Lipinski definition) is 16. The zero-order valence-corrected chi connectivity index (χ0v) is 46.7. The second-order valence-electron chi connectivity index (χ2n) is 21.1. The van der Waals surface area contributed by atoms with E-state index in [4.69, 9.17) is 33.5 Å². The van der Waals surface area contributed by atoms with E-state index in [9.17, 15) is 33.6 Å². The van der Waals surface area contributed by atoms with E-state index < -0.39 is 52.7 Å². The van der Waals surface area contributed by atoms with Gasteiger partial charge in [0.1, 0.15) is 22.4 Å². The molecular weight excluding hydrogens is 910 g/mol. The fourth-order valence-corrected chi connectivity index (χ4v) is 6.97. The minimum absolute atomic E-state index is 0. The number of nitrogens with zero attached hydrogens (tertiary/aromatic N) is 3. The molecule has 3 fully saturated rings. The fourth-order valence-electron chi connectivity index (χ4n) is 6.97. The van der Waals surface area contributed by atoms with Crippen molar-refractivity contribution in [2.45, 2.75) is 147 Å². The van der Waals surface area contributed by atoms with E-state index in [1.807, 2.05) is 47.6 Å². The topological polar surface area (TPSA) is 244 Å². The monoisotopic (exact) mass is 992 g/mol. The van der Waals surface area contributed by atoms with Crippen LogP contribution in [0.5, 0.6) is 0 Å². The Bertz CT molecular complexity index is 1740. The van der Waals surface area contributed by atoms with Crippen molar-refractivity contribution < 1.29 is 107 Å². The average molecular weight is 992 g/mol. The molecule has 390 valence electrons. The number of rotatable bonds is 7. The zero-order valence-electron chi connectivity index (χ0n) is 44.7. The van der Waals surface area contributed by atoms with Gasteiger partial charge in [-0.2, -0.15) is 0 Å². The van der Waals surface area contributed by atoms with Gasteiger partial charge in [-0.15, -0.1) is 0 Å². The summed E-state index contributed by atoms with van der Waals surface area (Å²) in [5, 5.41) is 8.94. The Morgan fingerprint density at radius 2 is 0.884 bits per heavy atom. The van der Waals surface area contributed by atoms with Gasteiger partial charge in [0, 0.05) is 45.8 Å². The molecule has 3 aliphatic heterocycles. The van der Waals surface area contributed by atoms with E-state index >= 15 is 0 Å². The van der Waals surface area contributed by atoms with E-state index in [0.29, 0.717) is 38.8 Å². The first-order valence-corrected chi connectivity index (χ1v) is 23.1. The third-order valence-corrected chi connectivity index (χ3v) is 9.91. The van der Waals surface area contributed by atoms with Gasteiger partial charge in [0.15, 0.2) is 0 Å². The summed E-state index contributed by atoms with van der Waals surface area (Å²) >= 11 is 0. The third-order valence-electron chi connectivity index (χ3n) is 9.91. The molecular formula is C49H82N3NaO16. The van der Waals surface area contributed by atoms with Crippen LogP contribution in [-0.2, 0) is 54.1 Å². The molecule has 19 nitrogen and oxygen atoms in total. The third kappa shape index (κ3) is 27.7. The molecule has 1 aromatic carbocycles. The first-order valence-electron chi connectivity index (χ1n) is 23.1. The number of likely N-dealkylation sites (tertiary alicyclic amines) is 3. The van der Waals surface area contributed by atoms with E-state index in [1.54, 1.807) is 74.1 Å². The summed E-state index contributed by atoms with van der Waals surface area (Å²) in [6.07, 6.45) is -2.90. The number of carbonyl (C=O) groups is 7. The standard InChI is InChI=1S/C15H21NO2.C13H23NO4.C11H19NO4.C10H18O5.Na.H2O/c1-3-18-15(17)14-11-16(9-12(14)2)10-13-7-5-4-6-8-13;1-6-17-11(15)10-8-14(7-9(10)2)12(16)18-13(3,4)5;1-7-5-12(6-8(7)9(13)14)10(15)16-11(2,3)4;1-9(2,3)14-7(11)13-8(12)15-10(4,5)6;;/h4-8,12,14H,3,9-11H2,1-2H3;9-10H,6-8H2,1-5H3;7-8H,5-6H2,1-4H3,(H,13,14);1-6H3;;1H2/q;;;;+1;/p-1/t12-,14-;9-,10-;7-,8-;;;/m111.../s1. The summed E-state index contributed by atoms with van der Waals surface area (Å²) in [6.45, 7) is 35.6. The molecule has 2 N–H and O–H groups in total. The van der Waals surface area contributed by atoms with Crippen LogP contribution in [-0.4, -0.2) is 143 Å². The Labute approximate surface area is 432 Å². The summed E-state index contributed by atoms with van der Waals surface area (Å²) in [5.74, 6) is -1.33. The molecule has 0 radical (unpaired) electrons. The molecule has 20 heteroatoms. The van der Waals surface area contributed by atoms with Gasteiger partial charge < -0.3 is 53.5 Å². The average Bonchev–Trinajstić information content (AvgIpc) is 3.86. The molecule has 4 rings (SSSR count). The SMILES string of the molecule is CC(C)(C)OC(=O)OC(=O)OC(C)(C)C.CCOC(=O)[C@@H]1CN(C(=O)OC(C)(C)C)C[C@H]1C.CCOC(=O)[C@@H]1CN(Cc2ccccc2)C[C@H]1C.C[C@@H]1CN(C(=O)OC(C)(C)C)C[C@H]1C(=O)O.[Na+].[OH-]. The van der Waals surface area contributed by atoms with Crippen molar-refractivity contribution >= 4 is 42.4 Å². The zero-order chi connectivity index (χ0) is 51.7. The predicted octanol–water partition coefficient (Wildman–Crippen LogP) is 5.64. The van der Waals surface area contributed by atoms with Crippen LogP contribution in [0.15, 0.2) is 30.3 Å². The van der Waals surface area contributed by atoms with Crippen LogP contribution < -0.4 is 29.6 Å². The fraction of sp³-hybridized carbons (Fsp3) is 0.735. The number of benzene rings is 1. The molecule has 2 amide bonds. The van der Waals surface area contributed by atoms with Gasteiger partial charge >= 0.3 is 72.0 Å². The van der Waals surface area contributed by atoms with Crippen LogP contribution in [0.2, 0.25) is 0 Å². The Morgan fingerprint density at radius 3 is 1.23 bits per heavy atom. The summed E-state index contributed by atoms with van der Waals surface area (Å²) < 4.78 is 34.4. The molecule has 0 spiro atoms. The quantitative estimate of drug-likeness (QED) is 0.150. The molecule has 1 aromatic rings.